The molecule has 0 unspecified atom stereocenters. The number of anilines is 1. The molecule has 142 valence electrons. The molecule has 0 radical (unpaired) electrons. The number of nitrogens with zero attached hydrogens (tertiary/aromatic N) is 3. The molecule has 0 saturated carbocycles. The minimum Gasteiger partial charge on any atom is -0.507 e. The number of methoxy groups -OCH3 is 1. The van der Waals surface area contributed by atoms with E-state index < -0.39 is 35.5 Å². The minimum atomic E-state index is -5.89. The number of phenols is 1. The van der Waals surface area contributed by atoms with Crippen LogP contribution in [0.4, 0.5) is 27.9 Å². The summed E-state index contributed by atoms with van der Waals surface area (Å²) in [7, 11) is 1.33. The molecule has 2 aromatic rings. The summed E-state index contributed by atoms with van der Waals surface area (Å²) in [6.45, 7) is 1.27. The summed E-state index contributed by atoms with van der Waals surface area (Å²) in [6, 6.07) is 3.66. The number of carbonyl (C=O) groups is 1. The van der Waals surface area contributed by atoms with Gasteiger partial charge < -0.3 is 9.84 Å². The predicted molar refractivity (Wildman–Crippen MR) is 78.3 cm³/mol. The van der Waals surface area contributed by atoms with Crippen molar-refractivity contribution < 1.29 is 36.6 Å². The first-order valence-corrected chi connectivity index (χ1v) is 7.09. The van der Waals surface area contributed by atoms with E-state index in [0.29, 0.717) is 4.68 Å². The van der Waals surface area contributed by atoms with Crippen molar-refractivity contribution in [3.63, 3.8) is 0 Å². The van der Waals surface area contributed by atoms with Crippen molar-refractivity contribution in [2.75, 3.05) is 12.4 Å². The van der Waals surface area contributed by atoms with Crippen molar-refractivity contribution in [3.05, 3.63) is 29.6 Å². The quantitative estimate of drug-likeness (QED) is 0.779. The summed E-state index contributed by atoms with van der Waals surface area (Å²) in [5.74, 6) is -8.90. The second-order valence-electron chi connectivity index (χ2n) is 4.98. The second-order valence-corrected chi connectivity index (χ2v) is 4.98. The monoisotopic (exact) mass is 380 g/mol. The summed E-state index contributed by atoms with van der Waals surface area (Å²) in [6.07, 6.45) is -5.89. The molecule has 1 aromatic heterocycles. The molecule has 26 heavy (non-hydrogen) atoms. The molecule has 12 heteroatoms. The van der Waals surface area contributed by atoms with E-state index in [9.17, 15) is 31.9 Å². The number of nitrogens with one attached hydrogen (secondary N) is 1. The molecule has 0 aliphatic rings. The van der Waals surface area contributed by atoms with Crippen molar-refractivity contribution in [2.24, 2.45) is 0 Å². The maximum absolute atomic E-state index is 13.4. The molecule has 7 nitrogen and oxygen atoms in total. The Morgan fingerprint density at radius 2 is 1.96 bits per heavy atom. The van der Waals surface area contributed by atoms with E-state index in [1.807, 2.05) is 5.32 Å². The zero-order valence-corrected chi connectivity index (χ0v) is 13.4. The van der Waals surface area contributed by atoms with Gasteiger partial charge in [-0.05, 0) is 19.1 Å². The average Bonchev–Trinajstić information content (AvgIpc) is 2.96. The highest BCUT2D eigenvalue weighted by Gasteiger charge is 2.62. The van der Waals surface area contributed by atoms with Gasteiger partial charge in [0.1, 0.15) is 11.5 Å². The van der Waals surface area contributed by atoms with Crippen molar-refractivity contribution in [1.82, 2.24) is 14.8 Å². The third-order valence-corrected chi connectivity index (χ3v) is 3.28. The van der Waals surface area contributed by atoms with Crippen LogP contribution in [0.3, 0.4) is 0 Å². The molecule has 0 aliphatic heterocycles. The number of aromatic hydroxyl groups is 1. The second kappa shape index (κ2) is 6.77. The van der Waals surface area contributed by atoms with Crippen molar-refractivity contribution in [3.8, 4) is 11.5 Å². The average molecular weight is 380 g/mol. The van der Waals surface area contributed by atoms with E-state index in [1.54, 1.807) is 0 Å². The fourth-order valence-corrected chi connectivity index (χ4v) is 1.91. The van der Waals surface area contributed by atoms with Crippen LogP contribution in [0.15, 0.2) is 18.2 Å². The smallest absolute Gasteiger partial charge is 0.461 e. The van der Waals surface area contributed by atoms with Gasteiger partial charge in [0, 0.05) is 12.6 Å². The molecular formula is C14H13F5N4O3. The third kappa shape index (κ3) is 3.53. The van der Waals surface area contributed by atoms with Gasteiger partial charge in [0.15, 0.2) is 0 Å². The van der Waals surface area contributed by atoms with Crippen LogP contribution >= 0.6 is 0 Å². The molecule has 1 amide bonds. The summed E-state index contributed by atoms with van der Waals surface area (Å²) < 4.78 is 69.6. The van der Waals surface area contributed by atoms with Gasteiger partial charge in [-0.1, -0.05) is 0 Å². The Morgan fingerprint density at radius 3 is 2.46 bits per heavy atom. The molecule has 2 N–H and O–H groups in total. The maximum atomic E-state index is 13.4. The minimum absolute atomic E-state index is 0.134. The van der Waals surface area contributed by atoms with Gasteiger partial charge in [0.05, 0.1) is 12.7 Å². The number of benzene rings is 1. The first-order valence-electron chi connectivity index (χ1n) is 7.09. The number of hydrogen-bond acceptors (Lipinski definition) is 5. The number of carbonyl (C=O) groups excluding carboxylic acids is 1. The Hall–Kier alpha value is -2.92. The first kappa shape index (κ1) is 19.4. The van der Waals surface area contributed by atoms with Gasteiger partial charge in [-0.15, -0.1) is 5.10 Å². The number of aryl methyl sites for hydroxylation is 1. The van der Waals surface area contributed by atoms with Gasteiger partial charge in [0.2, 0.25) is 11.8 Å². The number of ether oxygens (including phenoxy) is 1. The highest BCUT2D eigenvalue weighted by Crippen LogP contribution is 2.42. The fourth-order valence-electron chi connectivity index (χ4n) is 1.91. The normalized spacial score (nSPS) is 12.1. The van der Waals surface area contributed by atoms with Gasteiger partial charge in [-0.25, -0.2) is 4.68 Å². The van der Waals surface area contributed by atoms with Gasteiger partial charge in [0.25, 0.3) is 5.91 Å². The van der Waals surface area contributed by atoms with Crippen LogP contribution in [0.2, 0.25) is 0 Å². The lowest BCUT2D eigenvalue weighted by molar-refractivity contribution is -0.292. The molecule has 0 fully saturated rings. The molecule has 0 saturated heterocycles. The first-order chi connectivity index (χ1) is 12.0. The molecule has 1 heterocycles. The number of phenolic OH excluding ortho intramolecular Hbond substituents is 1. The SMILES string of the molecule is CCn1nc(C(F)(F)C(F)(F)F)nc1NC(=O)c1ccc(OC)cc1O. The van der Waals surface area contributed by atoms with E-state index in [1.165, 1.54) is 26.2 Å². The molecule has 1 aromatic carbocycles. The lowest BCUT2D eigenvalue weighted by atomic mass is 10.2. The summed E-state index contributed by atoms with van der Waals surface area (Å²) in [5.41, 5.74) is -0.263. The number of aromatic nitrogens is 3. The zero-order valence-electron chi connectivity index (χ0n) is 13.4. The van der Waals surface area contributed by atoms with Crippen LogP contribution in [-0.2, 0) is 12.5 Å². The standard InChI is InChI=1S/C14H13F5N4O3/c1-3-23-12(21-11(22-23)13(15,16)14(17,18)19)20-10(25)8-5-4-7(26-2)6-9(8)24/h4-6,24H,3H2,1-2H3,(H,20,21,22,25). The van der Waals surface area contributed by atoms with Crippen molar-refractivity contribution in [2.45, 2.75) is 25.6 Å². The Balaban J connectivity index is 2.34. The number of alkyl halides is 5. The number of amides is 1. The van der Waals surface area contributed by atoms with E-state index >= 15 is 0 Å². The maximum Gasteiger partial charge on any atom is 0.461 e. The summed E-state index contributed by atoms with van der Waals surface area (Å²) in [5, 5.41) is 14.9. The predicted octanol–water partition coefficient (Wildman–Crippen LogP) is 2.92. The van der Waals surface area contributed by atoms with E-state index in [-0.39, 0.29) is 17.9 Å². The van der Waals surface area contributed by atoms with Crippen LogP contribution in [0, 0.1) is 0 Å². The zero-order chi connectivity index (χ0) is 19.7. The summed E-state index contributed by atoms with van der Waals surface area (Å²) in [4.78, 5) is 15.2. The Morgan fingerprint density at radius 1 is 1.31 bits per heavy atom. The van der Waals surface area contributed by atoms with Crippen LogP contribution in [-0.4, -0.2) is 39.1 Å². The molecule has 0 atom stereocenters. The Labute approximate surface area is 143 Å². The molecule has 0 spiro atoms. The Bertz CT molecular complexity index is 819. The molecule has 0 aliphatic carbocycles. The van der Waals surface area contributed by atoms with E-state index in [2.05, 4.69) is 10.1 Å². The lowest BCUT2D eigenvalue weighted by Crippen LogP contribution is -2.35. The highest BCUT2D eigenvalue weighted by atomic mass is 19.4. The molecule has 0 bridgehead atoms. The topological polar surface area (TPSA) is 89.3 Å². The largest absolute Gasteiger partial charge is 0.507 e. The lowest BCUT2D eigenvalue weighted by Gasteiger charge is -2.15. The molecular weight excluding hydrogens is 367 g/mol. The van der Waals surface area contributed by atoms with Gasteiger partial charge in [-0.3, -0.25) is 10.1 Å². The van der Waals surface area contributed by atoms with E-state index in [0.717, 1.165) is 6.07 Å². The van der Waals surface area contributed by atoms with Gasteiger partial charge >= 0.3 is 12.1 Å². The van der Waals surface area contributed by atoms with Crippen LogP contribution in [0.1, 0.15) is 23.1 Å². The van der Waals surface area contributed by atoms with Crippen LogP contribution in [0.25, 0.3) is 0 Å². The van der Waals surface area contributed by atoms with E-state index in [4.69, 9.17) is 4.74 Å². The van der Waals surface area contributed by atoms with Gasteiger partial charge in [-0.2, -0.15) is 26.9 Å². The summed E-state index contributed by atoms with van der Waals surface area (Å²) >= 11 is 0. The third-order valence-electron chi connectivity index (χ3n) is 3.28. The fraction of sp³-hybridized carbons (Fsp3) is 0.357. The Kier molecular flexibility index (Phi) is 5.05. The highest BCUT2D eigenvalue weighted by molar-refractivity contribution is 6.05. The van der Waals surface area contributed by atoms with Crippen molar-refractivity contribution in [1.29, 1.82) is 0 Å². The van der Waals surface area contributed by atoms with Crippen LogP contribution < -0.4 is 10.1 Å². The van der Waals surface area contributed by atoms with Crippen molar-refractivity contribution >= 4 is 11.9 Å². The number of rotatable bonds is 5. The molecule has 2 rings (SSSR count). The number of halogens is 5. The number of hydrogen-bond donors (Lipinski definition) is 2. The van der Waals surface area contributed by atoms with Crippen LogP contribution in [0.5, 0.6) is 11.5 Å².